The molecule has 1 aromatic carbocycles. The molecular weight excluding hydrogens is 332 g/mol. The number of nitrogens with zero attached hydrogens (tertiary/aromatic N) is 1. The summed E-state index contributed by atoms with van der Waals surface area (Å²) in [7, 11) is 4.02. The van der Waals surface area contributed by atoms with Gasteiger partial charge in [0, 0.05) is 19.4 Å². The van der Waals surface area contributed by atoms with E-state index in [0.29, 0.717) is 25.8 Å². The van der Waals surface area contributed by atoms with Crippen molar-refractivity contribution in [1.82, 2.24) is 10.2 Å². The van der Waals surface area contributed by atoms with E-state index in [4.69, 9.17) is 0 Å². The van der Waals surface area contributed by atoms with E-state index >= 15 is 0 Å². The van der Waals surface area contributed by atoms with Gasteiger partial charge in [-0.05, 0) is 44.4 Å². The average Bonchev–Trinajstić information content (AvgIpc) is 3.11. The molecule has 2 rings (SSSR count). The van der Waals surface area contributed by atoms with Crippen molar-refractivity contribution in [1.29, 1.82) is 0 Å². The van der Waals surface area contributed by atoms with Crippen LogP contribution in [0, 0.1) is 6.92 Å². The number of thiophene rings is 1. The number of hydrogen-bond donors (Lipinski definition) is 1. The summed E-state index contributed by atoms with van der Waals surface area (Å²) in [5.41, 5.74) is 2.41. The van der Waals surface area contributed by atoms with E-state index in [1.165, 1.54) is 22.5 Å². The molecule has 0 saturated carbocycles. The third-order valence-corrected chi connectivity index (χ3v) is 5.09. The van der Waals surface area contributed by atoms with Crippen LogP contribution in [0.15, 0.2) is 41.8 Å². The normalized spacial score (nSPS) is 12.2. The number of rotatable bonds is 9. The van der Waals surface area contributed by atoms with Gasteiger partial charge in [-0.2, -0.15) is 0 Å². The molecule has 0 fully saturated rings. The Balaban J connectivity index is 1.77. The summed E-state index contributed by atoms with van der Waals surface area (Å²) < 4.78 is 0. The van der Waals surface area contributed by atoms with Gasteiger partial charge in [-0.15, -0.1) is 11.3 Å². The zero-order valence-corrected chi connectivity index (χ0v) is 15.9. The first-order valence-electron chi connectivity index (χ1n) is 8.53. The molecule has 0 saturated heterocycles. The highest BCUT2D eigenvalue weighted by molar-refractivity contribution is 7.12. The highest BCUT2D eigenvalue weighted by Crippen LogP contribution is 2.18. The molecule has 1 unspecified atom stereocenters. The molecule has 4 nitrogen and oxygen atoms in total. The number of amides is 1. The number of hydrogen-bond acceptors (Lipinski definition) is 4. The minimum absolute atomic E-state index is 0.00191. The number of Topliss-reactive ketones (excluding diaryl/α,β-unsaturated/α-hetero) is 1. The zero-order chi connectivity index (χ0) is 18.2. The smallest absolute Gasteiger partial charge is 0.220 e. The van der Waals surface area contributed by atoms with Crippen LogP contribution in [-0.2, 0) is 4.79 Å². The Hall–Kier alpha value is -1.98. The Labute approximate surface area is 153 Å². The van der Waals surface area contributed by atoms with Crippen molar-refractivity contribution in [2.75, 3.05) is 20.6 Å². The molecular formula is C20H26N2O2S. The number of benzene rings is 1. The van der Waals surface area contributed by atoms with E-state index in [-0.39, 0.29) is 17.7 Å². The predicted molar refractivity (Wildman–Crippen MR) is 103 cm³/mol. The second-order valence-corrected chi connectivity index (χ2v) is 7.40. The number of carbonyl (C=O) groups is 2. The Bertz CT molecular complexity index is 678. The van der Waals surface area contributed by atoms with Gasteiger partial charge in [0.1, 0.15) is 0 Å². The van der Waals surface area contributed by atoms with Crippen molar-refractivity contribution in [2.45, 2.75) is 32.2 Å². The summed E-state index contributed by atoms with van der Waals surface area (Å²) in [6, 6.07) is 12.2. The van der Waals surface area contributed by atoms with E-state index in [0.717, 1.165) is 4.88 Å². The molecule has 1 heterocycles. The lowest BCUT2D eigenvalue weighted by molar-refractivity contribution is -0.121. The fourth-order valence-corrected chi connectivity index (χ4v) is 3.35. The second kappa shape index (κ2) is 9.49. The van der Waals surface area contributed by atoms with Gasteiger partial charge in [-0.25, -0.2) is 0 Å². The molecule has 0 aliphatic rings. The molecule has 0 bridgehead atoms. The number of aryl methyl sites for hydroxylation is 1. The standard InChI is InChI=1S/C20H26N2O2S/c1-15-9-11-16(12-10-15)17(22(2)3)14-21-20(24)8-4-6-18(23)19-7-5-13-25-19/h5,7,9-13,17H,4,6,8,14H2,1-3H3,(H,21,24). The van der Waals surface area contributed by atoms with Crippen molar-refractivity contribution >= 4 is 23.0 Å². The number of nitrogens with one attached hydrogen (secondary N) is 1. The molecule has 0 aliphatic heterocycles. The molecule has 1 atom stereocenters. The van der Waals surface area contributed by atoms with E-state index in [9.17, 15) is 9.59 Å². The maximum Gasteiger partial charge on any atom is 0.220 e. The largest absolute Gasteiger partial charge is 0.354 e. The number of carbonyl (C=O) groups excluding carboxylic acids is 2. The van der Waals surface area contributed by atoms with Crippen LogP contribution in [0.2, 0.25) is 0 Å². The Kier molecular flexibility index (Phi) is 7.34. The van der Waals surface area contributed by atoms with E-state index < -0.39 is 0 Å². The van der Waals surface area contributed by atoms with Gasteiger partial charge in [-0.1, -0.05) is 35.9 Å². The molecule has 1 aromatic heterocycles. The van der Waals surface area contributed by atoms with E-state index in [2.05, 4.69) is 41.4 Å². The molecule has 1 N–H and O–H groups in total. The lowest BCUT2D eigenvalue weighted by Gasteiger charge is -2.25. The van der Waals surface area contributed by atoms with E-state index in [1.54, 1.807) is 0 Å². The summed E-state index contributed by atoms with van der Waals surface area (Å²) in [5.74, 6) is 0.117. The van der Waals surface area contributed by atoms with Gasteiger partial charge in [0.15, 0.2) is 5.78 Å². The van der Waals surface area contributed by atoms with Crippen molar-refractivity contribution in [3.63, 3.8) is 0 Å². The molecule has 0 radical (unpaired) electrons. The maximum absolute atomic E-state index is 12.1. The van der Waals surface area contributed by atoms with Crippen LogP contribution in [0.3, 0.4) is 0 Å². The van der Waals surface area contributed by atoms with Crippen molar-refractivity contribution in [3.8, 4) is 0 Å². The van der Waals surface area contributed by atoms with Crippen LogP contribution < -0.4 is 5.32 Å². The maximum atomic E-state index is 12.1. The van der Waals surface area contributed by atoms with Crippen LogP contribution in [-0.4, -0.2) is 37.2 Å². The zero-order valence-electron chi connectivity index (χ0n) is 15.1. The second-order valence-electron chi connectivity index (χ2n) is 6.45. The van der Waals surface area contributed by atoms with Crippen molar-refractivity contribution in [3.05, 3.63) is 57.8 Å². The fourth-order valence-electron chi connectivity index (χ4n) is 2.66. The summed E-state index contributed by atoms with van der Waals surface area (Å²) >= 11 is 1.45. The number of likely N-dealkylation sites (N-methyl/N-ethyl adjacent to an activating group) is 1. The van der Waals surface area contributed by atoms with Gasteiger partial charge in [0.2, 0.25) is 5.91 Å². The molecule has 25 heavy (non-hydrogen) atoms. The Morgan fingerprint density at radius 1 is 1.12 bits per heavy atom. The van der Waals surface area contributed by atoms with Gasteiger partial charge in [-0.3, -0.25) is 9.59 Å². The Morgan fingerprint density at radius 2 is 1.84 bits per heavy atom. The third kappa shape index (κ3) is 6.11. The topological polar surface area (TPSA) is 49.4 Å². The summed E-state index contributed by atoms with van der Waals surface area (Å²) in [6.07, 6.45) is 1.38. The Morgan fingerprint density at radius 3 is 2.44 bits per heavy atom. The van der Waals surface area contributed by atoms with Crippen LogP contribution in [0.1, 0.15) is 46.1 Å². The first kappa shape index (κ1) is 19.3. The van der Waals surface area contributed by atoms with Crippen LogP contribution in [0.5, 0.6) is 0 Å². The highest BCUT2D eigenvalue weighted by atomic mass is 32.1. The minimum atomic E-state index is -0.00191. The lowest BCUT2D eigenvalue weighted by Crippen LogP contribution is -2.34. The highest BCUT2D eigenvalue weighted by Gasteiger charge is 2.15. The van der Waals surface area contributed by atoms with Crippen molar-refractivity contribution in [2.24, 2.45) is 0 Å². The van der Waals surface area contributed by atoms with Crippen LogP contribution >= 0.6 is 11.3 Å². The summed E-state index contributed by atoms with van der Waals surface area (Å²) in [4.78, 5) is 26.9. The predicted octanol–water partition coefficient (Wildman–Crippen LogP) is 3.83. The molecule has 5 heteroatoms. The SMILES string of the molecule is Cc1ccc(C(CNC(=O)CCCC(=O)c2cccs2)N(C)C)cc1. The van der Waals surface area contributed by atoms with Gasteiger partial charge in [0.05, 0.1) is 10.9 Å². The van der Waals surface area contributed by atoms with Crippen LogP contribution in [0.25, 0.3) is 0 Å². The quantitative estimate of drug-likeness (QED) is 0.693. The summed E-state index contributed by atoms with van der Waals surface area (Å²) in [6.45, 7) is 2.63. The summed E-state index contributed by atoms with van der Waals surface area (Å²) in [5, 5.41) is 4.89. The minimum Gasteiger partial charge on any atom is -0.354 e. The average molecular weight is 359 g/mol. The first-order chi connectivity index (χ1) is 12.0. The molecule has 134 valence electrons. The number of ketones is 1. The third-order valence-electron chi connectivity index (χ3n) is 4.18. The first-order valence-corrected chi connectivity index (χ1v) is 9.41. The monoisotopic (exact) mass is 358 g/mol. The molecule has 1 amide bonds. The van der Waals surface area contributed by atoms with Gasteiger partial charge < -0.3 is 10.2 Å². The van der Waals surface area contributed by atoms with Crippen LogP contribution in [0.4, 0.5) is 0 Å². The van der Waals surface area contributed by atoms with Crippen molar-refractivity contribution < 1.29 is 9.59 Å². The fraction of sp³-hybridized carbons (Fsp3) is 0.400. The van der Waals surface area contributed by atoms with Gasteiger partial charge >= 0.3 is 0 Å². The van der Waals surface area contributed by atoms with E-state index in [1.807, 2.05) is 31.6 Å². The molecule has 0 spiro atoms. The molecule has 2 aromatic rings. The lowest BCUT2D eigenvalue weighted by atomic mass is 10.0. The van der Waals surface area contributed by atoms with Gasteiger partial charge in [0.25, 0.3) is 0 Å². The molecule has 0 aliphatic carbocycles.